The van der Waals surface area contributed by atoms with Gasteiger partial charge in [0.2, 0.25) is 5.43 Å². The number of carbonyl (C=O) groups is 1. The molecule has 1 aliphatic rings. The fourth-order valence-electron chi connectivity index (χ4n) is 2.99. The summed E-state index contributed by atoms with van der Waals surface area (Å²) in [5, 5.41) is 10.0. The van der Waals surface area contributed by atoms with Crippen LogP contribution < -0.4 is 10.2 Å². The van der Waals surface area contributed by atoms with Crippen LogP contribution in [-0.2, 0) is 5.54 Å². The van der Waals surface area contributed by atoms with Crippen LogP contribution in [0.4, 0.5) is 0 Å². The molecule has 0 bridgehead atoms. The highest BCUT2D eigenvalue weighted by Crippen LogP contribution is 2.33. The summed E-state index contributed by atoms with van der Waals surface area (Å²) in [4.78, 5) is 27.5. The molecule has 2 heterocycles. The van der Waals surface area contributed by atoms with Gasteiger partial charge in [-0.25, -0.2) is 0 Å². The summed E-state index contributed by atoms with van der Waals surface area (Å²) in [5.41, 5.74) is -0.819. The Balaban J connectivity index is 2.66. The third-order valence-electron chi connectivity index (χ3n) is 4.89. The Labute approximate surface area is 156 Å². The van der Waals surface area contributed by atoms with Gasteiger partial charge in [-0.05, 0) is 42.6 Å². The number of aliphatic hydroxyl groups excluding tert-OH is 1. The number of fused-ring (bicyclic) bond motifs is 1. The number of aromatic nitrogens is 1. The number of rotatable bonds is 7. The SMILES string of the molecule is CCCCOc1c2n(cc(Br)c1=O)C(C)(CO)CN(C(C)CC)C2=O. The molecule has 0 saturated carbocycles. The van der Waals surface area contributed by atoms with E-state index in [0.717, 1.165) is 19.3 Å². The Morgan fingerprint density at radius 3 is 2.64 bits per heavy atom. The van der Waals surface area contributed by atoms with E-state index in [4.69, 9.17) is 4.74 Å². The highest BCUT2D eigenvalue weighted by atomic mass is 79.9. The molecule has 1 aromatic heterocycles. The van der Waals surface area contributed by atoms with Crippen LogP contribution in [0.25, 0.3) is 0 Å². The van der Waals surface area contributed by atoms with Gasteiger partial charge in [0.05, 0.1) is 23.2 Å². The van der Waals surface area contributed by atoms with Crippen LogP contribution >= 0.6 is 15.9 Å². The van der Waals surface area contributed by atoms with Crippen molar-refractivity contribution in [2.24, 2.45) is 0 Å². The monoisotopic (exact) mass is 414 g/mol. The van der Waals surface area contributed by atoms with Gasteiger partial charge >= 0.3 is 0 Å². The van der Waals surface area contributed by atoms with E-state index in [1.54, 1.807) is 15.7 Å². The maximum Gasteiger partial charge on any atom is 0.274 e. The van der Waals surface area contributed by atoms with Gasteiger partial charge in [0.25, 0.3) is 5.91 Å². The first-order chi connectivity index (χ1) is 11.8. The van der Waals surface area contributed by atoms with Crippen LogP contribution in [0.3, 0.4) is 0 Å². The zero-order valence-electron chi connectivity index (χ0n) is 15.3. The van der Waals surface area contributed by atoms with Crippen molar-refractivity contribution in [3.8, 4) is 5.75 Å². The number of pyridine rings is 1. The molecule has 6 nitrogen and oxygen atoms in total. The van der Waals surface area contributed by atoms with Gasteiger partial charge in [-0.2, -0.15) is 0 Å². The van der Waals surface area contributed by atoms with Crippen LogP contribution in [0.15, 0.2) is 15.5 Å². The Morgan fingerprint density at radius 1 is 1.40 bits per heavy atom. The molecule has 0 fully saturated rings. The summed E-state index contributed by atoms with van der Waals surface area (Å²) < 4.78 is 7.76. The average molecular weight is 415 g/mol. The van der Waals surface area contributed by atoms with E-state index in [0.29, 0.717) is 17.6 Å². The first-order valence-corrected chi connectivity index (χ1v) is 9.60. The number of unbranched alkanes of at least 4 members (excludes halogenated alkanes) is 1. The zero-order valence-corrected chi connectivity index (χ0v) is 16.9. The van der Waals surface area contributed by atoms with Crippen LogP contribution in [0, 0.1) is 0 Å². The highest BCUT2D eigenvalue weighted by molar-refractivity contribution is 9.10. The second-order valence-electron chi connectivity index (χ2n) is 6.90. The number of aliphatic hydroxyl groups is 1. The van der Waals surface area contributed by atoms with E-state index < -0.39 is 5.54 Å². The first-order valence-electron chi connectivity index (χ1n) is 8.81. The second-order valence-corrected chi connectivity index (χ2v) is 7.76. The maximum absolute atomic E-state index is 13.1. The molecule has 1 amide bonds. The molecular formula is C18H27BrN2O4. The van der Waals surface area contributed by atoms with Gasteiger partial charge in [-0.3, -0.25) is 9.59 Å². The summed E-state index contributed by atoms with van der Waals surface area (Å²) in [7, 11) is 0. The number of ether oxygens (including phenoxy) is 1. The van der Waals surface area contributed by atoms with Gasteiger partial charge in [0, 0.05) is 18.8 Å². The van der Waals surface area contributed by atoms with Crippen LogP contribution in [-0.4, -0.2) is 46.3 Å². The topological polar surface area (TPSA) is 71.8 Å². The van der Waals surface area contributed by atoms with E-state index in [9.17, 15) is 14.7 Å². The molecule has 2 unspecified atom stereocenters. The average Bonchev–Trinajstić information content (AvgIpc) is 2.60. The lowest BCUT2D eigenvalue weighted by atomic mass is 9.95. The van der Waals surface area contributed by atoms with E-state index in [-0.39, 0.29) is 35.4 Å². The van der Waals surface area contributed by atoms with E-state index in [2.05, 4.69) is 15.9 Å². The van der Waals surface area contributed by atoms with Crippen molar-refractivity contribution in [2.45, 2.75) is 58.5 Å². The molecule has 140 valence electrons. The maximum atomic E-state index is 13.1. The van der Waals surface area contributed by atoms with Crippen molar-refractivity contribution in [3.63, 3.8) is 0 Å². The minimum atomic E-state index is -0.717. The Kier molecular flexibility index (Phi) is 6.32. The standard InChI is InChI=1S/C18H27BrN2O4/c1-5-7-8-25-16-14-17(24)20(12(3)6-2)10-18(4,11-22)21(14)9-13(19)15(16)23/h9,12,22H,5-8,10-11H2,1-4H3. The molecule has 7 heteroatoms. The third kappa shape index (κ3) is 3.62. The van der Waals surface area contributed by atoms with Gasteiger partial charge in [-0.1, -0.05) is 20.3 Å². The highest BCUT2D eigenvalue weighted by Gasteiger charge is 2.42. The molecule has 1 N–H and O–H groups in total. The summed E-state index contributed by atoms with van der Waals surface area (Å²) in [5.74, 6) is -0.156. The molecule has 2 atom stereocenters. The Bertz CT molecular complexity index is 703. The smallest absolute Gasteiger partial charge is 0.274 e. The number of hydrogen-bond acceptors (Lipinski definition) is 4. The van der Waals surface area contributed by atoms with Gasteiger partial charge < -0.3 is 19.3 Å². The number of halogens is 1. The van der Waals surface area contributed by atoms with E-state index in [1.807, 2.05) is 27.7 Å². The van der Waals surface area contributed by atoms with Gasteiger partial charge in [0.1, 0.15) is 0 Å². The lowest BCUT2D eigenvalue weighted by Crippen LogP contribution is -2.57. The molecule has 0 saturated heterocycles. The minimum Gasteiger partial charge on any atom is -0.487 e. The number of carbonyl (C=O) groups excluding carboxylic acids is 1. The molecule has 2 rings (SSSR count). The van der Waals surface area contributed by atoms with Crippen molar-refractivity contribution >= 4 is 21.8 Å². The molecule has 0 radical (unpaired) electrons. The zero-order chi connectivity index (χ0) is 18.8. The third-order valence-corrected chi connectivity index (χ3v) is 5.45. The number of nitrogens with zero attached hydrogens (tertiary/aromatic N) is 2. The fraction of sp³-hybridized carbons (Fsp3) is 0.667. The Hall–Kier alpha value is -1.34. The summed E-state index contributed by atoms with van der Waals surface area (Å²) in [6.45, 7) is 8.51. The van der Waals surface area contributed by atoms with E-state index >= 15 is 0 Å². The molecule has 1 aromatic rings. The van der Waals surface area contributed by atoms with Crippen molar-refractivity contribution in [3.05, 3.63) is 26.6 Å². The van der Waals surface area contributed by atoms with Crippen LogP contribution in [0.5, 0.6) is 5.75 Å². The summed E-state index contributed by atoms with van der Waals surface area (Å²) in [6.07, 6.45) is 4.11. The summed E-state index contributed by atoms with van der Waals surface area (Å²) >= 11 is 3.27. The van der Waals surface area contributed by atoms with Crippen molar-refractivity contribution in [2.75, 3.05) is 19.8 Å². The lowest BCUT2D eigenvalue weighted by molar-refractivity contribution is 0.0319. The Morgan fingerprint density at radius 2 is 2.08 bits per heavy atom. The fourth-order valence-corrected chi connectivity index (χ4v) is 3.38. The predicted molar refractivity (Wildman–Crippen MR) is 100 cm³/mol. The predicted octanol–water partition coefficient (Wildman–Crippen LogP) is 2.75. The minimum absolute atomic E-state index is 0.00867. The molecule has 0 aliphatic carbocycles. The largest absolute Gasteiger partial charge is 0.487 e. The number of amides is 1. The number of hydrogen-bond donors (Lipinski definition) is 1. The molecular weight excluding hydrogens is 388 g/mol. The van der Waals surface area contributed by atoms with Crippen molar-refractivity contribution in [1.82, 2.24) is 9.47 Å². The van der Waals surface area contributed by atoms with E-state index in [1.165, 1.54) is 0 Å². The molecule has 0 aromatic carbocycles. The summed E-state index contributed by atoms with van der Waals surface area (Å²) in [6, 6.07) is 0.00867. The molecule has 0 spiro atoms. The quantitative estimate of drug-likeness (QED) is 0.696. The van der Waals surface area contributed by atoms with Crippen molar-refractivity contribution in [1.29, 1.82) is 0 Å². The molecule has 1 aliphatic heterocycles. The first kappa shape index (κ1) is 20.0. The van der Waals surface area contributed by atoms with Crippen molar-refractivity contribution < 1.29 is 14.6 Å². The van der Waals surface area contributed by atoms with Gasteiger partial charge in [-0.15, -0.1) is 0 Å². The normalized spacial score (nSPS) is 21.2. The molecule has 25 heavy (non-hydrogen) atoms. The lowest BCUT2D eigenvalue weighted by Gasteiger charge is -2.45. The van der Waals surface area contributed by atoms with Crippen LogP contribution in [0.2, 0.25) is 0 Å². The van der Waals surface area contributed by atoms with Crippen LogP contribution in [0.1, 0.15) is 57.4 Å². The second kappa shape index (κ2) is 7.91. The van der Waals surface area contributed by atoms with Gasteiger partial charge in [0.15, 0.2) is 11.4 Å².